The lowest BCUT2D eigenvalue weighted by atomic mass is 9.54. The van der Waals surface area contributed by atoms with Crippen molar-refractivity contribution in [2.75, 3.05) is 7.05 Å². The van der Waals surface area contributed by atoms with Crippen molar-refractivity contribution in [2.45, 2.75) is 51.1 Å². The molecule has 2 aromatic rings. The van der Waals surface area contributed by atoms with Crippen molar-refractivity contribution < 1.29 is 9.59 Å². The van der Waals surface area contributed by atoms with Gasteiger partial charge in [0, 0.05) is 19.2 Å². The molecule has 1 unspecified atom stereocenters. The average Bonchev–Trinajstić information content (AvgIpc) is 3.07. The van der Waals surface area contributed by atoms with Gasteiger partial charge in [-0.3, -0.25) is 14.3 Å². The Balaban J connectivity index is 1.57. The van der Waals surface area contributed by atoms with E-state index in [1.54, 1.807) is 17.8 Å². The highest BCUT2D eigenvalue weighted by atomic mass is 16.2. The summed E-state index contributed by atoms with van der Waals surface area (Å²) in [5.74, 6) is -0.445. The first-order valence-electron chi connectivity index (χ1n) is 9.69. The largest absolute Gasteiger partial charge is 0.354 e. The normalized spacial score (nSPS) is 19.0. The fourth-order valence-electron chi connectivity index (χ4n) is 4.40. The van der Waals surface area contributed by atoms with Crippen LogP contribution in [-0.4, -0.2) is 34.7 Å². The van der Waals surface area contributed by atoms with Crippen molar-refractivity contribution in [3.05, 3.63) is 53.3 Å². The zero-order chi connectivity index (χ0) is 19.0. The number of aromatic nitrogens is 2. The maximum Gasteiger partial charge on any atom is 0.271 e. The highest BCUT2D eigenvalue weighted by molar-refractivity contribution is 5.98. The van der Waals surface area contributed by atoms with Crippen LogP contribution in [0, 0.1) is 5.41 Å². The van der Waals surface area contributed by atoms with Gasteiger partial charge in [-0.05, 0) is 43.6 Å². The highest BCUT2D eigenvalue weighted by Gasteiger charge is 2.48. The number of amides is 2. The molecule has 2 N–H and O–H groups in total. The highest BCUT2D eigenvalue weighted by Crippen LogP contribution is 2.55. The Hall–Kier alpha value is -2.63. The summed E-state index contributed by atoms with van der Waals surface area (Å²) in [5.41, 5.74) is 2.23. The monoisotopic (exact) mass is 366 g/mol. The summed E-state index contributed by atoms with van der Waals surface area (Å²) < 4.78 is 1.66. The standard InChI is InChI=1S/C21H26N4O2/c1-14(15-7-4-3-5-8-15)25-18(11-17(24-25)19(26)22-2)20(27)23-16-12-21(13-16)9-6-10-21/h3-5,7-8,11,14,16H,6,9-10,12-13H2,1-2H3,(H,22,26)(H,23,27). The molecule has 2 aliphatic rings. The summed E-state index contributed by atoms with van der Waals surface area (Å²) in [5, 5.41) is 10.2. The molecule has 1 heterocycles. The molecular formula is C21H26N4O2. The van der Waals surface area contributed by atoms with Gasteiger partial charge in [0.1, 0.15) is 5.69 Å². The van der Waals surface area contributed by atoms with E-state index in [1.165, 1.54) is 19.3 Å². The van der Waals surface area contributed by atoms with E-state index in [2.05, 4.69) is 15.7 Å². The second-order valence-corrected chi connectivity index (χ2v) is 7.96. The van der Waals surface area contributed by atoms with Crippen LogP contribution in [0.1, 0.15) is 71.6 Å². The van der Waals surface area contributed by atoms with Gasteiger partial charge in [-0.2, -0.15) is 5.10 Å². The number of benzene rings is 1. The third kappa shape index (κ3) is 3.24. The van der Waals surface area contributed by atoms with Gasteiger partial charge in [0.2, 0.25) is 0 Å². The quantitative estimate of drug-likeness (QED) is 0.854. The fraction of sp³-hybridized carbons (Fsp3) is 0.476. The number of hydrogen-bond acceptors (Lipinski definition) is 3. The molecule has 0 bridgehead atoms. The van der Waals surface area contributed by atoms with Crippen molar-refractivity contribution in [1.82, 2.24) is 20.4 Å². The van der Waals surface area contributed by atoms with Crippen molar-refractivity contribution in [1.29, 1.82) is 0 Å². The molecule has 6 nitrogen and oxygen atoms in total. The van der Waals surface area contributed by atoms with Crippen molar-refractivity contribution in [3.63, 3.8) is 0 Å². The van der Waals surface area contributed by atoms with Crippen LogP contribution in [0.3, 0.4) is 0 Å². The Morgan fingerprint density at radius 3 is 2.48 bits per heavy atom. The summed E-state index contributed by atoms with van der Waals surface area (Å²) in [6.45, 7) is 1.99. The molecule has 2 aliphatic carbocycles. The summed E-state index contributed by atoms with van der Waals surface area (Å²) in [7, 11) is 1.56. The molecule has 1 aromatic carbocycles. The van der Waals surface area contributed by atoms with Crippen molar-refractivity contribution in [3.8, 4) is 0 Å². The van der Waals surface area contributed by atoms with E-state index in [-0.39, 0.29) is 29.6 Å². The van der Waals surface area contributed by atoms with E-state index in [0.29, 0.717) is 11.1 Å². The SMILES string of the molecule is CNC(=O)c1cc(C(=O)NC2CC3(CCC3)C2)n(C(C)c2ccccc2)n1. The van der Waals surface area contributed by atoms with Gasteiger partial charge in [0.15, 0.2) is 5.69 Å². The van der Waals surface area contributed by atoms with E-state index in [1.807, 2.05) is 37.3 Å². The van der Waals surface area contributed by atoms with Crippen molar-refractivity contribution in [2.24, 2.45) is 5.41 Å². The Morgan fingerprint density at radius 1 is 1.19 bits per heavy atom. The zero-order valence-corrected chi connectivity index (χ0v) is 15.9. The predicted octanol–water partition coefficient (Wildman–Crippen LogP) is 2.91. The molecule has 1 atom stereocenters. The first-order valence-corrected chi connectivity index (χ1v) is 9.69. The Morgan fingerprint density at radius 2 is 1.89 bits per heavy atom. The molecule has 1 spiro atoms. The Labute approximate surface area is 159 Å². The van der Waals surface area contributed by atoms with Gasteiger partial charge in [0.05, 0.1) is 6.04 Å². The van der Waals surface area contributed by atoms with Gasteiger partial charge in [0.25, 0.3) is 11.8 Å². The molecule has 2 saturated carbocycles. The van der Waals surface area contributed by atoms with Crippen LogP contribution in [0.15, 0.2) is 36.4 Å². The predicted molar refractivity (Wildman–Crippen MR) is 103 cm³/mol. The molecule has 0 aliphatic heterocycles. The van der Waals surface area contributed by atoms with Gasteiger partial charge in [-0.25, -0.2) is 0 Å². The molecule has 0 radical (unpaired) electrons. The number of nitrogens with zero attached hydrogens (tertiary/aromatic N) is 2. The molecule has 27 heavy (non-hydrogen) atoms. The second-order valence-electron chi connectivity index (χ2n) is 7.96. The third-order valence-electron chi connectivity index (χ3n) is 6.19. The van der Waals surface area contributed by atoms with E-state index in [4.69, 9.17) is 0 Å². The van der Waals surface area contributed by atoms with E-state index >= 15 is 0 Å². The molecule has 0 saturated heterocycles. The lowest BCUT2D eigenvalue weighted by Gasteiger charge is -2.54. The number of nitrogens with one attached hydrogen (secondary N) is 2. The number of hydrogen-bond donors (Lipinski definition) is 2. The maximum absolute atomic E-state index is 12.9. The van der Waals surface area contributed by atoms with Crippen LogP contribution in [-0.2, 0) is 0 Å². The van der Waals surface area contributed by atoms with E-state index in [0.717, 1.165) is 18.4 Å². The molecular weight excluding hydrogens is 340 g/mol. The molecule has 2 amide bonds. The van der Waals surface area contributed by atoms with Crippen LogP contribution in [0.4, 0.5) is 0 Å². The topological polar surface area (TPSA) is 76.0 Å². The van der Waals surface area contributed by atoms with Crippen LogP contribution in [0.5, 0.6) is 0 Å². The van der Waals surface area contributed by atoms with Crippen LogP contribution in [0.25, 0.3) is 0 Å². The summed E-state index contributed by atoms with van der Waals surface area (Å²) in [4.78, 5) is 25.0. The smallest absolute Gasteiger partial charge is 0.271 e. The molecule has 142 valence electrons. The molecule has 1 aromatic heterocycles. The van der Waals surface area contributed by atoms with E-state index in [9.17, 15) is 9.59 Å². The third-order valence-corrected chi connectivity index (χ3v) is 6.19. The minimum atomic E-state index is -0.292. The minimum Gasteiger partial charge on any atom is -0.354 e. The first kappa shape index (κ1) is 17.8. The second kappa shape index (κ2) is 6.83. The van der Waals surface area contributed by atoms with Gasteiger partial charge < -0.3 is 10.6 Å². The number of rotatable bonds is 5. The van der Waals surface area contributed by atoms with Crippen LogP contribution in [0.2, 0.25) is 0 Å². The summed E-state index contributed by atoms with van der Waals surface area (Å²) >= 11 is 0. The van der Waals surface area contributed by atoms with Crippen molar-refractivity contribution >= 4 is 11.8 Å². The zero-order valence-electron chi connectivity index (χ0n) is 15.9. The summed E-state index contributed by atoms with van der Waals surface area (Å²) in [6, 6.07) is 11.5. The first-order chi connectivity index (χ1) is 13.0. The number of carbonyl (C=O) groups is 2. The molecule has 6 heteroatoms. The van der Waals surface area contributed by atoms with Gasteiger partial charge in [-0.15, -0.1) is 0 Å². The molecule has 4 rings (SSSR count). The maximum atomic E-state index is 12.9. The minimum absolute atomic E-state index is 0.148. The van der Waals surface area contributed by atoms with Gasteiger partial charge in [-0.1, -0.05) is 36.8 Å². The van der Waals surface area contributed by atoms with Gasteiger partial charge >= 0.3 is 0 Å². The Bertz CT molecular complexity index is 846. The fourth-order valence-corrected chi connectivity index (χ4v) is 4.40. The van der Waals surface area contributed by atoms with Crippen LogP contribution >= 0.6 is 0 Å². The van der Waals surface area contributed by atoms with Crippen LogP contribution < -0.4 is 10.6 Å². The lowest BCUT2D eigenvalue weighted by molar-refractivity contribution is -0.000790. The lowest BCUT2D eigenvalue weighted by Crippen LogP contribution is -2.53. The number of carbonyl (C=O) groups excluding carboxylic acids is 2. The van der Waals surface area contributed by atoms with E-state index < -0.39 is 0 Å². The Kier molecular flexibility index (Phi) is 4.50. The average molecular weight is 366 g/mol. The summed E-state index contributed by atoms with van der Waals surface area (Å²) in [6.07, 6.45) is 6.05. The molecule has 2 fully saturated rings.